The number of rotatable bonds is 36. The fraction of sp³-hybridized carbons (Fsp3) is 0.875. The Labute approximate surface area is 387 Å². The van der Waals surface area contributed by atoms with Crippen LogP contribution in [-0.4, -0.2) is 35.8 Å². The van der Waals surface area contributed by atoms with E-state index in [1.165, 1.54) is 77.0 Å². The molecule has 0 aliphatic carbocycles. The van der Waals surface area contributed by atoms with Gasteiger partial charge in [0, 0.05) is 56.9 Å². The molecular weight excluding hydrogens is 864 g/mol. The maximum absolute atomic E-state index is 9.92. The second kappa shape index (κ2) is 69.2. The van der Waals surface area contributed by atoms with Gasteiger partial charge in [0.25, 0.3) is 0 Å². The molecule has 0 saturated heterocycles. The van der Waals surface area contributed by atoms with E-state index in [0.29, 0.717) is 0 Å². The van der Waals surface area contributed by atoms with E-state index in [0.717, 1.165) is 116 Å². The summed E-state index contributed by atoms with van der Waals surface area (Å²) in [6, 6.07) is 0. The Hall–Kier alpha value is -2.49. The predicted octanol–water partition coefficient (Wildman–Crippen LogP) is 6.58. The second-order valence-corrected chi connectivity index (χ2v) is 15.2. The van der Waals surface area contributed by atoms with Gasteiger partial charge in [-0.05, 0) is 77.0 Å². The van der Waals surface area contributed by atoms with Crippen LogP contribution in [0.4, 0.5) is 0 Å². The SMILES string of the molecule is CCCCCCCC(=O)[O-].CCCCCCCC(=O)[O-].CCCCCCCC(=O)[O-].CCCCCCCC(=O)[O-].CCCCCCCC(=O)[O-].CCCCCCCC(=O)[O-].[Mo]. The topological polar surface area (TPSA) is 241 Å². The van der Waals surface area contributed by atoms with Crippen LogP contribution in [0.2, 0.25) is 0 Å². The molecule has 0 aromatic carbocycles. The fourth-order valence-electron chi connectivity index (χ4n) is 5.24. The summed E-state index contributed by atoms with van der Waals surface area (Å²) in [7, 11) is 0. The molecule has 0 aromatic heterocycles. The van der Waals surface area contributed by atoms with Crippen molar-refractivity contribution in [2.45, 2.75) is 273 Å². The summed E-state index contributed by atoms with van der Waals surface area (Å²) in [5.74, 6) is -5.52. The number of hydrogen-bond acceptors (Lipinski definition) is 12. The molecule has 0 rings (SSSR count). The summed E-state index contributed by atoms with van der Waals surface area (Å²) < 4.78 is 0. The van der Waals surface area contributed by atoms with Gasteiger partial charge in [-0.3, -0.25) is 0 Å². The molecular formula is C48H90MoO12-6. The molecule has 12 nitrogen and oxygen atoms in total. The average molecular weight is 955 g/mol. The zero-order valence-electron chi connectivity index (χ0n) is 39.8. The summed E-state index contributed by atoms with van der Waals surface area (Å²) in [5.41, 5.74) is 0. The van der Waals surface area contributed by atoms with Crippen LogP contribution < -0.4 is 30.6 Å². The van der Waals surface area contributed by atoms with Crippen molar-refractivity contribution < 1.29 is 80.5 Å². The minimum atomic E-state index is -0.920. The van der Waals surface area contributed by atoms with Crippen molar-refractivity contribution in [1.29, 1.82) is 0 Å². The van der Waals surface area contributed by atoms with E-state index < -0.39 is 35.8 Å². The predicted molar refractivity (Wildman–Crippen MR) is 230 cm³/mol. The van der Waals surface area contributed by atoms with E-state index in [9.17, 15) is 59.4 Å². The van der Waals surface area contributed by atoms with E-state index in [2.05, 4.69) is 41.5 Å². The van der Waals surface area contributed by atoms with Gasteiger partial charge < -0.3 is 59.4 Å². The minimum absolute atomic E-state index is 0. The molecule has 0 heterocycles. The summed E-state index contributed by atoms with van der Waals surface area (Å²) >= 11 is 0. The van der Waals surface area contributed by atoms with Crippen LogP contribution in [0.3, 0.4) is 0 Å². The number of hydrogen-bond donors (Lipinski definition) is 0. The molecule has 0 fully saturated rings. The van der Waals surface area contributed by atoms with Gasteiger partial charge in [0.1, 0.15) is 0 Å². The van der Waals surface area contributed by atoms with Gasteiger partial charge in [-0.25, -0.2) is 0 Å². The molecule has 61 heavy (non-hydrogen) atoms. The molecule has 0 aliphatic heterocycles. The molecule has 0 radical (unpaired) electrons. The van der Waals surface area contributed by atoms with Gasteiger partial charge in [0.15, 0.2) is 0 Å². The first-order chi connectivity index (χ1) is 28.6. The monoisotopic (exact) mass is 957 g/mol. The number of carboxylic acid groups (broad SMARTS) is 6. The molecule has 0 spiro atoms. The second-order valence-electron chi connectivity index (χ2n) is 15.2. The van der Waals surface area contributed by atoms with Gasteiger partial charge in [-0.1, -0.05) is 196 Å². The van der Waals surface area contributed by atoms with Gasteiger partial charge in [0.05, 0.1) is 0 Å². The molecule has 0 N–H and O–H groups in total. The van der Waals surface area contributed by atoms with Crippen LogP contribution in [-0.2, 0) is 49.8 Å². The van der Waals surface area contributed by atoms with Crippen molar-refractivity contribution in [1.82, 2.24) is 0 Å². The van der Waals surface area contributed by atoms with Gasteiger partial charge in [-0.2, -0.15) is 0 Å². The maximum Gasteiger partial charge on any atom is 0.0414 e. The Balaban J connectivity index is -0.000000114. The molecule has 366 valence electrons. The third-order valence-electron chi connectivity index (χ3n) is 8.91. The maximum atomic E-state index is 9.92. The minimum Gasteiger partial charge on any atom is -0.550 e. The Bertz CT molecular complexity index is 729. The van der Waals surface area contributed by atoms with Gasteiger partial charge >= 0.3 is 0 Å². The third kappa shape index (κ3) is 114. The molecule has 0 aromatic rings. The van der Waals surface area contributed by atoms with Crippen molar-refractivity contribution in [2.24, 2.45) is 0 Å². The van der Waals surface area contributed by atoms with Crippen LogP contribution >= 0.6 is 0 Å². The average Bonchev–Trinajstić information content (AvgIpc) is 3.18. The number of aliphatic carboxylic acids is 6. The molecule has 0 aliphatic rings. The standard InChI is InChI=1S/6C8H16O2.Mo/c6*1-2-3-4-5-6-7-8(9)10;/h6*2-7H2,1H3,(H,9,10);/p-6. The van der Waals surface area contributed by atoms with Crippen LogP contribution in [0.5, 0.6) is 0 Å². The smallest absolute Gasteiger partial charge is 0.0414 e. The first kappa shape index (κ1) is 72.9. The van der Waals surface area contributed by atoms with E-state index in [4.69, 9.17) is 0 Å². The Morgan fingerprint density at radius 1 is 0.213 bits per heavy atom. The van der Waals surface area contributed by atoms with Crippen LogP contribution in [0.15, 0.2) is 0 Å². The molecule has 13 heteroatoms. The zero-order valence-corrected chi connectivity index (χ0v) is 41.8. The van der Waals surface area contributed by atoms with E-state index in [1.54, 1.807) is 0 Å². The number of carbonyl (C=O) groups is 6. The van der Waals surface area contributed by atoms with E-state index in [1.807, 2.05) is 0 Å². The number of carbonyl (C=O) groups excluding carboxylic acids is 6. The third-order valence-corrected chi connectivity index (χ3v) is 8.91. The quantitative estimate of drug-likeness (QED) is 0.0478. The van der Waals surface area contributed by atoms with Gasteiger partial charge in [-0.15, -0.1) is 0 Å². The zero-order chi connectivity index (χ0) is 46.9. The summed E-state index contributed by atoms with van der Waals surface area (Å²) in [5, 5.41) is 59.5. The Morgan fingerprint density at radius 2 is 0.311 bits per heavy atom. The summed E-state index contributed by atoms with van der Waals surface area (Å²) in [4.78, 5) is 59.5. The number of carboxylic acids is 6. The van der Waals surface area contributed by atoms with E-state index in [-0.39, 0.29) is 59.6 Å². The van der Waals surface area contributed by atoms with Gasteiger partial charge in [0.2, 0.25) is 0 Å². The number of unbranched alkanes of at least 4 members (excludes halogenated alkanes) is 24. The van der Waals surface area contributed by atoms with Crippen molar-refractivity contribution >= 4 is 35.8 Å². The largest absolute Gasteiger partial charge is 0.550 e. The molecule has 0 bridgehead atoms. The van der Waals surface area contributed by atoms with Crippen molar-refractivity contribution in [3.63, 3.8) is 0 Å². The molecule has 0 unspecified atom stereocenters. The van der Waals surface area contributed by atoms with Crippen molar-refractivity contribution in [3.8, 4) is 0 Å². The fourth-order valence-corrected chi connectivity index (χ4v) is 5.24. The van der Waals surface area contributed by atoms with Crippen LogP contribution in [0, 0.1) is 0 Å². The Kier molecular flexibility index (Phi) is 82.8. The van der Waals surface area contributed by atoms with Crippen LogP contribution in [0.25, 0.3) is 0 Å². The van der Waals surface area contributed by atoms with E-state index >= 15 is 0 Å². The summed E-state index contributed by atoms with van der Waals surface area (Å²) in [6.07, 6.45) is 33.6. The first-order valence-corrected chi connectivity index (χ1v) is 23.8. The normalized spacial score (nSPS) is 9.54. The van der Waals surface area contributed by atoms with Crippen LogP contribution in [0.1, 0.15) is 273 Å². The molecule has 0 saturated carbocycles. The first-order valence-electron chi connectivity index (χ1n) is 23.8. The van der Waals surface area contributed by atoms with Crippen molar-refractivity contribution in [2.75, 3.05) is 0 Å². The molecule has 0 amide bonds. The van der Waals surface area contributed by atoms with Crippen molar-refractivity contribution in [3.05, 3.63) is 0 Å². The summed E-state index contributed by atoms with van der Waals surface area (Å²) in [6.45, 7) is 12.8. The molecule has 0 atom stereocenters. The Morgan fingerprint density at radius 3 is 0.393 bits per heavy atom.